The molecule has 3 aliphatic rings. The Bertz CT molecular complexity index is 1240. The first-order chi connectivity index (χ1) is 16.5. The first-order valence-electron chi connectivity index (χ1n) is 12.1. The predicted molar refractivity (Wildman–Crippen MR) is 127 cm³/mol. The third kappa shape index (κ3) is 3.77. The van der Waals surface area contributed by atoms with Gasteiger partial charge >= 0.3 is 0 Å². The Morgan fingerprint density at radius 3 is 2.82 bits per heavy atom. The van der Waals surface area contributed by atoms with Gasteiger partial charge in [-0.3, -0.25) is 14.6 Å². The number of nitrogens with one attached hydrogen (secondary N) is 2. The molecule has 0 spiro atoms. The van der Waals surface area contributed by atoms with Gasteiger partial charge in [0, 0.05) is 32.1 Å². The molecule has 9 nitrogen and oxygen atoms in total. The van der Waals surface area contributed by atoms with Crippen molar-refractivity contribution in [3.8, 4) is 0 Å². The lowest BCUT2D eigenvalue weighted by molar-refractivity contribution is 0.0931. The lowest BCUT2D eigenvalue weighted by Crippen LogP contribution is -2.28. The summed E-state index contributed by atoms with van der Waals surface area (Å²) < 4.78 is 7.15. The molecular weight excluding hydrogens is 430 g/mol. The summed E-state index contributed by atoms with van der Waals surface area (Å²) in [6.45, 7) is 7.15. The van der Waals surface area contributed by atoms with Gasteiger partial charge in [0.1, 0.15) is 11.5 Å². The van der Waals surface area contributed by atoms with Gasteiger partial charge in [0.2, 0.25) is 0 Å². The molecule has 0 radical (unpaired) electrons. The van der Waals surface area contributed by atoms with Crippen LogP contribution in [-0.2, 0) is 24.3 Å². The lowest BCUT2D eigenvalue weighted by atomic mass is 10.2. The summed E-state index contributed by atoms with van der Waals surface area (Å²) in [7, 11) is 1.62. The molecule has 4 heterocycles. The summed E-state index contributed by atoms with van der Waals surface area (Å²) in [6, 6.07) is 4.20. The monoisotopic (exact) mass is 461 g/mol. The molecule has 3 aromatic rings. The van der Waals surface area contributed by atoms with E-state index in [2.05, 4.69) is 37.6 Å². The van der Waals surface area contributed by atoms with Gasteiger partial charge in [-0.05, 0) is 62.1 Å². The van der Waals surface area contributed by atoms with Crippen molar-refractivity contribution in [2.24, 2.45) is 11.8 Å². The maximum Gasteiger partial charge on any atom is 0.255 e. The third-order valence-electron chi connectivity index (χ3n) is 7.62. The van der Waals surface area contributed by atoms with E-state index >= 15 is 0 Å². The number of hydrogen-bond donors (Lipinski definition) is 2. The largest absolute Gasteiger partial charge is 0.378 e. The highest BCUT2D eigenvalue weighted by Gasteiger charge is 2.45. The molecule has 2 fully saturated rings. The molecule has 2 N–H and O–H groups in total. The van der Waals surface area contributed by atoms with Gasteiger partial charge in [-0.2, -0.15) is 10.2 Å². The highest BCUT2D eigenvalue weighted by molar-refractivity contribution is 5.95. The van der Waals surface area contributed by atoms with Crippen molar-refractivity contribution in [3.05, 3.63) is 57.8 Å². The number of aromatic amines is 1. The molecular formula is C25H31N7O2. The fourth-order valence-corrected chi connectivity index (χ4v) is 5.55. The van der Waals surface area contributed by atoms with E-state index in [0.29, 0.717) is 17.8 Å². The summed E-state index contributed by atoms with van der Waals surface area (Å²) in [5, 5.41) is 15.2. The van der Waals surface area contributed by atoms with Gasteiger partial charge in [-0.25, -0.2) is 4.98 Å². The number of H-pyrrole nitrogens is 1. The molecule has 3 aromatic heterocycles. The highest BCUT2D eigenvalue weighted by Crippen LogP contribution is 2.46. The summed E-state index contributed by atoms with van der Waals surface area (Å²) >= 11 is 0. The maximum atomic E-state index is 13.2. The van der Waals surface area contributed by atoms with Crippen LogP contribution in [0.1, 0.15) is 63.1 Å². The summed E-state index contributed by atoms with van der Waals surface area (Å²) in [4.78, 5) is 20.5. The van der Waals surface area contributed by atoms with Gasteiger partial charge in [0.05, 0.1) is 36.1 Å². The Morgan fingerprint density at radius 2 is 2.06 bits per heavy atom. The Balaban J connectivity index is 1.18. The van der Waals surface area contributed by atoms with E-state index in [1.54, 1.807) is 7.11 Å². The van der Waals surface area contributed by atoms with Crippen molar-refractivity contribution in [2.75, 3.05) is 25.1 Å². The average Bonchev–Trinajstić information content (AvgIpc) is 3.22. The number of ether oxygens (including phenoxy) is 1. The van der Waals surface area contributed by atoms with Crippen LogP contribution >= 0.6 is 0 Å². The Kier molecular flexibility index (Phi) is 5.17. The van der Waals surface area contributed by atoms with E-state index in [1.807, 2.05) is 24.7 Å². The number of carbonyl (C=O) groups excluding carboxylic acids is 1. The van der Waals surface area contributed by atoms with E-state index in [-0.39, 0.29) is 18.6 Å². The Hall–Kier alpha value is -3.20. The zero-order valence-corrected chi connectivity index (χ0v) is 20.0. The first-order valence-corrected chi connectivity index (χ1v) is 12.1. The number of piperidine rings is 1. The van der Waals surface area contributed by atoms with Crippen molar-refractivity contribution >= 4 is 11.7 Å². The van der Waals surface area contributed by atoms with E-state index in [1.165, 1.54) is 12.0 Å². The van der Waals surface area contributed by atoms with E-state index in [0.717, 1.165) is 66.2 Å². The fourth-order valence-electron chi connectivity index (χ4n) is 5.55. The molecule has 9 heteroatoms. The molecule has 178 valence electrons. The van der Waals surface area contributed by atoms with Crippen molar-refractivity contribution in [1.29, 1.82) is 0 Å². The number of methoxy groups -OCH3 is 1. The zero-order valence-electron chi connectivity index (χ0n) is 20.0. The van der Waals surface area contributed by atoms with Gasteiger partial charge in [0.15, 0.2) is 0 Å². The van der Waals surface area contributed by atoms with Crippen molar-refractivity contribution in [1.82, 2.24) is 30.3 Å². The molecule has 2 unspecified atom stereocenters. The molecule has 6 rings (SSSR count). The standard InChI is InChI=1S/C25H31N7O2/c1-14-16(4-7-23(26-14)31-9-17-8-18(17)10-31)11-32-12-20(22(30-32)13-34-3)25(33)27-21-6-5-19-15(2)28-29-24(19)21/h4,7,12,17-18,21H,5-6,8-11,13H2,1-3H3,(H,27,33)(H,28,29)/t17?,18?,21-/m1/s1. The van der Waals surface area contributed by atoms with Gasteiger partial charge in [0.25, 0.3) is 5.91 Å². The minimum Gasteiger partial charge on any atom is -0.378 e. The second kappa shape index (κ2) is 8.23. The van der Waals surface area contributed by atoms with Crippen LogP contribution in [0, 0.1) is 25.7 Å². The molecule has 1 aliphatic heterocycles. The minimum atomic E-state index is -0.138. The van der Waals surface area contributed by atoms with Gasteiger partial charge < -0.3 is 15.0 Å². The number of pyridine rings is 1. The third-order valence-corrected chi connectivity index (χ3v) is 7.62. The predicted octanol–water partition coefficient (Wildman–Crippen LogP) is 2.69. The molecule has 34 heavy (non-hydrogen) atoms. The quantitative estimate of drug-likeness (QED) is 0.561. The lowest BCUT2D eigenvalue weighted by Gasteiger charge is -2.20. The number of nitrogens with zero attached hydrogens (tertiary/aromatic N) is 5. The van der Waals surface area contributed by atoms with Crippen LogP contribution in [0.25, 0.3) is 0 Å². The molecule has 1 saturated heterocycles. The van der Waals surface area contributed by atoms with Crippen LogP contribution in [0.2, 0.25) is 0 Å². The normalized spacial score (nSPS) is 22.7. The molecule has 1 saturated carbocycles. The van der Waals surface area contributed by atoms with Crippen LogP contribution in [0.5, 0.6) is 0 Å². The second-order valence-electron chi connectivity index (χ2n) is 9.96. The van der Waals surface area contributed by atoms with E-state index < -0.39 is 0 Å². The van der Waals surface area contributed by atoms with Crippen LogP contribution in [0.4, 0.5) is 5.82 Å². The molecule has 2 aliphatic carbocycles. The number of anilines is 1. The van der Waals surface area contributed by atoms with Gasteiger partial charge in [-0.1, -0.05) is 6.07 Å². The number of hydrogen-bond acceptors (Lipinski definition) is 6. The van der Waals surface area contributed by atoms with E-state index in [9.17, 15) is 4.79 Å². The van der Waals surface area contributed by atoms with Gasteiger partial charge in [-0.15, -0.1) is 0 Å². The zero-order chi connectivity index (χ0) is 23.4. The topological polar surface area (TPSA) is 101 Å². The van der Waals surface area contributed by atoms with Crippen molar-refractivity contribution in [2.45, 2.75) is 52.3 Å². The molecule has 1 amide bonds. The van der Waals surface area contributed by atoms with Crippen LogP contribution < -0.4 is 10.2 Å². The summed E-state index contributed by atoms with van der Waals surface area (Å²) in [5.74, 6) is 2.69. The minimum absolute atomic E-state index is 0.0574. The van der Waals surface area contributed by atoms with Crippen molar-refractivity contribution < 1.29 is 9.53 Å². The SMILES string of the molecule is COCc1nn(Cc2ccc(N3CC4CC4C3)nc2C)cc1C(=O)N[C@@H]1CCc2c(C)n[nH]c21. The second-order valence-corrected chi connectivity index (χ2v) is 9.96. The summed E-state index contributed by atoms with van der Waals surface area (Å²) in [5.41, 5.74) is 6.53. The smallest absolute Gasteiger partial charge is 0.255 e. The van der Waals surface area contributed by atoms with Crippen LogP contribution in [-0.4, -0.2) is 51.1 Å². The average molecular weight is 462 g/mol. The van der Waals surface area contributed by atoms with Crippen LogP contribution in [0.3, 0.4) is 0 Å². The Labute approximate surface area is 198 Å². The maximum absolute atomic E-state index is 13.2. The first kappa shape index (κ1) is 21.3. The van der Waals surface area contributed by atoms with Crippen LogP contribution in [0.15, 0.2) is 18.3 Å². The molecule has 0 aromatic carbocycles. The molecule has 3 atom stereocenters. The van der Waals surface area contributed by atoms with E-state index in [4.69, 9.17) is 9.72 Å². The Morgan fingerprint density at radius 1 is 1.24 bits per heavy atom. The fraction of sp³-hybridized carbons (Fsp3) is 0.520. The molecule has 0 bridgehead atoms. The highest BCUT2D eigenvalue weighted by atomic mass is 16.5. The number of fused-ring (bicyclic) bond motifs is 2. The number of rotatable bonds is 7. The summed E-state index contributed by atoms with van der Waals surface area (Å²) in [6.07, 6.45) is 5.00. The van der Waals surface area contributed by atoms with Crippen molar-refractivity contribution in [3.63, 3.8) is 0 Å². The number of amides is 1. The number of aryl methyl sites for hydroxylation is 2. The number of carbonyl (C=O) groups is 1. The number of aromatic nitrogens is 5.